The second-order valence-corrected chi connectivity index (χ2v) is 6.00. The molecule has 0 bridgehead atoms. The first-order valence-corrected chi connectivity index (χ1v) is 9.21. The smallest absolute Gasteiger partial charge is 0.411 e. The number of carboxylic acid groups (broad SMARTS) is 1. The summed E-state index contributed by atoms with van der Waals surface area (Å²) < 4.78 is 17.6. The Kier molecular flexibility index (Phi) is 8.72. The monoisotopic (exact) mass is 427 g/mol. The minimum Gasteiger partial charge on any atom is -0.478 e. The van der Waals surface area contributed by atoms with Crippen LogP contribution in [0.1, 0.15) is 22.8 Å². The summed E-state index contributed by atoms with van der Waals surface area (Å²) in [5.41, 5.74) is 7.30. The number of anilines is 3. The molecule has 0 aliphatic carbocycles. The van der Waals surface area contributed by atoms with Crippen LogP contribution in [0, 0.1) is 5.82 Å². The molecule has 0 fully saturated rings. The van der Waals surface area contributed by atoms with Crippen molar-refractivity contribution >= 4 is 29.4 Å². The number of rotatable bonds is 6. The van der Waals surface area contributed by atoms with Crippen LogP contribution in [0.15, 0.2) is 60.9 Å². The quantitative estimate of drug-likeness (QED) is 0.466. The topological polar surface area (TPSA) is 139 Å². The standard InChI is InChI=1S/C15H17FN4O2.C6H5NO2/c1-2-22-15(21)19-12-7-8-13(20-14(12)17)18-9-10-3-5-11(16)6-4-10;8-6(9)5-2-1-3-7-4-5/h3-8H,2,9H2,1H3,(H,19,21)(H3,17,18,20);1-4H,(H,8,9). The number of nitrogen functional groups attached to an aromatic ring is 1. The third-order valence-electron chi connectivity index (χ3n) is 3.73. The van der Waals surface area contributed by atoms with Crippen molar-refractivity contribution in [1.82, 2.24) is 9.97 Å². The van der Waals surface area contributed by atoms with Crippen molar-refractivity contribution in [2.24, 2.45) is 0 Å². The molecule has 0 saturated carbocycles. The Morgan fingerprint density at radius 1 is 1.16 bits per heavy atom. The van der Waals surface area contributed by atoms with E-state index in [2.05, 4.69) is 20.6 Å². The molecular weight excluding hydrogens is 405 g/mol. The third-order valence-corrected chi connectivity index (χ3v) is 3.73. The number of ether oxygens (including phenoxy) is 1. The van der Waals surface area contributed by atoms with Gasteiger partial charge in [0.1, 0.15) is 17.5 Å². The number of nitrogens with two attached hydrogens (primary N) is 1. The molecule has 2 heterocycles. The van der Waals surface area contributed by atoms with Gasteiger partial charge in [0.25, 0.3) is 0 Å². The maximum Gasteiger partial charge on any atom is 0.411 e. The van der Waals surface area contributed by atoms with Crippen molar-refractivity contribution in [3.8, 4) is 0 Å². The van der Waals surface area contributed by atoms with Crippen LogP contribution in [0.2, 0.25) is 0 Å². The van der Waals surface area contributed by atoms with E-state index in [4.69, 9.17) is 15.6 Å². The normalized spacial score (nSPS) is 9.74. The van der Waals surface area contributed by atoms with E-state index >= 15 is 0 Å². The first-order chi connectivity index (χ1) is 14.9. The van der Waals surface area contributed by atoms with Gasteiger partial charge in [0.2, 0.25) is 0 Å². The van der Waals surface area contributed by atoms with E-state index in [1.54, 1.807) is 37.3 Å². The number of nitrogens with one attached hydrogen (secondary N) is 2. The summed E-state index contributed by atoms with van der Waals surface area (Å²) >= 11 is 0. The molecule has 2 aromatic heterocycles. The van der Waals surface area contributed by atoms with Crippen LogP contribution in [0.5, 0.6) is 0 Å². The van der Waals surface area contributed by atoms with E-state index in [1.165, 1.54) is 30.6 Å². The second kappa shape index (κ2) is 11.7. The molecule has 0 atom stereocenters. The van der Waals surface area contributed by atoms with Crippen LogP contribution in [0.3, 0.4) is 0 Å². The highest BCUT2D eigenvalue weighted by atomic mass is 19.1. The lowest BCUT2D eigenvalue weighted by Gasteiger charge is -2.10. The Labute approximate surface area is 178 Å². The van der Waals surface area contributed by atoms with Crippen molar-refractivity contribution < 1.29 is 23.8 Å². The van der Waals surface area contributed by atoms with Crippen molar-refractivity contribution in [1.29, 1.82) is 0 Å². The summed E-state index contributed by atoms with van der Waals surface area (Å²) in [6.07, 6.45) is 2.26. The zero-order valence-electron chi connectivity index (χ0n) is 16.7. The van der Waals surface area contributed by atoms with Crippen molar-refractivity contribution in [3.63, 3.8) is 0 Å². The summed E-state index contributed by atoms with van der Waals surface area (Å²) in [4.78, 5) is 29.3. The van der Waals surface area contributed by atoms with Gasteiger partial charge in [-0.05, 0) is 48.9 Å². The average molecular weight is 427 g/mol. The molecule has 1 aromatic carbocycles. The van der Waals surface area contributed by atoms with Gasteiger partial charge in [0.15, 0.2) is 0 Å². The second-order valence-electron chi connectivity index (χ2n) is 6.00. The highest BCUT2D eigenvalue weighted by Gasteiger charge is 2.07. The fraction of sp³-hybridized carbons (Fsp3) is 0.143. The molecule has 10 heteroatoms. The SMILES string of the molecule is CCOC(=O)Nc1ccc(NCc2ccc(F)cc2)nc1N.O=C(O)c1cccnc1. The number of carboxylic acids is 1. The lowest BCUT2D eigenvalue weighted by Crippen LogP contribution is -2.15. The minimum absolute atomic E-state index is 0.178. The van der Waals surface area contributed by atoms with E-state index in [-0.39, 0.29) is 23.8 Å². The number of pyridine rings is 2. The van der Waals surface area contributed by atoms with E-state index < -0.39 is 12.1 Å². The van der Waals surface area contributed by atoms with E-state index in [9.17, 15) is 14.0 Å². The first-order valence-electron chi connectivity index (χ1n) is 9.21. The molecule has 3 aromatic rings. The summed E-state index contributed by atoms with van der Waals surface area (Å²) in [5.74, 6) is -0.489. The lowest BCUT2D eigenvalue weighted by molar-refractivity contribution is 0.0696. The zero-order valence-corrected chi connectivity index (χ0v) is 16.7. The maximum absolute atomic E-state index is 12.8. The van der Waals surface area contributed by atoms with Crippen LogP contribution in [-0.4, -0.2) is 33.7 Å². The summed E-state index contributed by atoms with van der Waals surface area (Å²) in [6.45, 7) is 2.47. The zero-order chi connectivity index (χ0) is 22.6. The van der Waals surface area contributed by atoms with Crippen LogP contribution in [0.4, 0.5) is 26.5 Å². The van der Waals surface area contributed by atoms with Gasteiger partial charge in [0.05, 0.1) is 17.9 Å². The number of aromatic carboxylic acids is 1. The van der Waals surface area contributed by atoms with Gasteiger partial charge in [-0.25, -0.2) is 19.0 Å². The van der Waals surface area contributed by atoms with Gasteiger partial charge in [0, 0.05) is 18.9 Å². The molecule has 0 spiro atoms. The Hall–Kier alpha value is -4.21. The number of amides is 1. The van der Waals surface area contributed by atoms with Gasteiger partial charge >= 0.3 is 12.1 Å². The molecule has 0 aliphatic heterocycles. The number of halogens is 1. The molecule has 1 amide bonds. The Balaban J connectivity index is 0.000000316. The maximum atomic E-state index is 12.8. The number of benzene rings is 1. The summed E-state index contributed by atoms with van der Waals surface area (Å²) in [7, 11) is 0. The predicted octanol–water partition coefficient (Wildman–Crippen LogP) is 3.76. The van der Waals surface area contributed by atoms with Gasteiger partial charge < -0.3 is 20.9 Å². The van der Waals surface area contributed by atoms with Crippen molar-refractivity contribution in [2.45, 2.75) is 13.5 Å². The molecule has 0 unspecified atom stereocenters. The predicted molar refractivity (Wildman–Crippen MR) is 114 cm³/mol. The number of hydrogen-bond donors (Lipinski definition) is 4. The van der Waals surface area contributed by atoms with Crippen LogP contribution < -0.4 is 16.4 Å². The summed E-state index contributed by atoms with van der Waals surface area (Å²) in [5, 5.41) is 13.9. The molecule has 9 nitrogen and oxygen atoms in total. The molecule has 162 valence electrons. The van der Waals surface area contributed by atoms with Gasteiger partial charge in [-0.1, -0.05) is 12.1 Å². The number of carbonyl (C=O) groups is 2. The number of carbonyl (C=O) groups excluding carboxylic acids is 1. The highest BCUT2D eigenvalue weighted by Crippen LogP contribution is 2.19. The molecular formula is C21H22FN5O4. The highest BCUT2D eigenvalue weighted by molar-refractivity contribution is 5.88. The first kappa shape index (κ1) is 23.1. The van der Waals surface area contributed by atoms with Gasteiger partial charge in [-0.3, -0.25) is 10.3 Å². The van der Waals surface area contributed by atoms with Crippen molar-refractivity contribution in [2.75, 3.05) is 23.0 Å². The molecule has 31 heavy (non-hydrogen) atoms. The number of aromatic nitrogens is 2. The van der Waals surface area contributed by atoms with Crippen LogP contribution in [-0.2, 0) is 11.3 Å². The largest absolute Gasteiger partial charge is 0.478 e. The molecule has 3 rings (SSSR count). The summed E-state index contributed by atoms with van der Waals surface area (Å²) in [6, 6.07) is 12.5. The third kappa shape index (κ3) is 7.97. The molecule has 0 saturated heterocycles. The van der Waals surface area contributed by atoms with E-state index in [0.717, 1.165) is 5.56 Å². The molecule has 0 radical (unpaired) electrons. The Morgan fingerprint density at radius 2 is 1.90 bits per heavy atom. The van der Waals surface area contributed by atoms with E-state index in [0.29, 0.717) is 18.1 Å². The van der Waals surface area contributed by atoms with Gasteiger partial charge in [-0.2, -0.15) is 0 Å². The number of hydrogen-bond acceptors (Lipinski definition) is 7. The van der Waals surface area contributed by atoms with Gasteiger partial charge in [-0.15, -0.1) is 0 Å². The fourth-order valence-electron chi connectivity index (χ4n) is 2.24. The van der Waals surface area contributed by atoms with Crippen molar-refractivity contribution in [3.05, 3.63) is 77.9 Å². The Bertz CT molecular complexity index is 1000. The molecule has 5 N–H and O–H groups in total. The fourth-order valence-corrected chi connectivity index (χ4v) is 2.24. The number of nitrogens with zero attached hydrogens (tertiary/aromatic N) is 2. The Morgan fingerprint density at radius 3 is 2.45 bits per heavy atom. The molecule has 0 aliphatic rings. The van der Waals surface area contributed by atoms with E-state index in [1.807, 2.05) is 0 Å². The lowest BCUT2D eigenvalue weighted by atomic mass is 10.2. The minimum atomic E-state index is -0.942. The van der Waals surface area contributed by atoms with Crippen LogP contribution in [0.25, 0.3) is 0 Å². The average Bonchev–Trinajstić information content (AvgIpc) is 2.76. The van der Waals surface area contributed by atoms with Crippen LogP contribution >= 0.6 is 0 Å².